The third-order valence-corrected chi connectivity index (χ3v) is 5.55. The molecule has 0 saturated carbocycles. The Labute approximate surface area is 176 Å². The number of hydrogen-bond donors (Lipinski definition) is 2. The van der Waals surface area contributed by atoms with Gasteiger partial charge in [0.1, 0.15) is 4.88 Å². The van der Waals surface area contributed by atoms with Crippen molar-refractivity contribution in [1.29, 1.82) is 0 Å². The molecule has 6 nitrogen and oxygen atoms in total. The molecule has 150 valence electrons. The van der Waals surface area contributed by atoms with Crippen molar-refractivity contribution in [2.24, 2.45) is 0 Å². The van der Waals surface area contributed by atoms with E-state index >= 15 is 0 Å². The molecule has 2 aromatic rings. The van der Waals surface area contributed by atoms with Crippen LogP contribution in [0.3, 0.4) is 0 Å². The summed E-state index contributed by atoms with van der Waals surface area (Å²) in [6.45, 7) is 5.28. The number of hydrogen-bond acceptors (Lipinski definition) is 5. The van der Waals surface area contributed by atoms with Gasteiger partial charge in [-0.2, -0.15) is 0 Å². The first-order chi connectivity index (χ1) is 13.3. The highest BCUT2D eigenvalue weighted by Gasteiger charge is 2.15. The highest BCUT2D eigenvalue weighted by Crippen LogP contribution is 2.23. The van der Waals surface area contributed by atoms with Crippen molar-refractivity contribution < 1.29 is 19.1 Å². The Kier molecular flexibility index (Phi) is 8.19. The first-order valence-electron chi connectivity index (χ1n) is 8.89. The van der Waals surface area contributed by atoms with Crippen molar-refractivity contribution in [2.75, 3.05) is 18.5 Å². The van der Waals surface area contributed by atoms with Crippen LogP contribution < -0.4 is 10.6 Å². The number of amides is 2. The summed E-state index contributed by atoms with van der Waals surface area (Å²) in [5, 5.41) is 5.17. The van der Waals surface area contributed by atoms with Crippen LogP contribution in [0.2, 0.25) is 0 Å². The van der Waals surface area contributed by atoms with Crippen molar-refractivity contribution in [3.63, 3.8) is 0 Å². The van der Waals surface area contributed by atoms with Crippen molar-refractivity contribution in [3.05, 3.63) is 49.6 Å². The van der Waals surface area contributed by atoms with Gasteiger partial charge in [0, 0.05) is 15.0 Å². The Bertz CT molecular complexity index is 879. The van der Waals surface area contributed by atoms with Crippen molar-refractivity contribution >= 4 is 50.7 Å². The molecule has 0 fully saturated rings. The lowest BCUT2D eigenvalue weighted by molar-refractivity contribution is -0.126. The van der Waals surface area contributed by atoms with Gasteiger partial charge in [-0.05, 0) is 55.7 Å². The van der Waals surface area contributed by atoms with E-state index < -0.39 is 18.5 Å². The number of thiophene rings is 1. The summed E-state index contributed by atoms with van der Waals surface area (Å²) in [5.74, 6) is -1.41. The zero-order valence-corrected chi connectivity index (χ0v) is 18.5. The summed E-state index contributed by atoms with van der Waals surface area (Å²) >= 11 is 4.72. The number of nitrogens with one attached hydrogen (secondary N) is 2. The Morgan fingerprint density at radius 2 is 1.89 bits per heavy atom. The number of aryl methyl sites for hydroxylation is 3. The van der Waals surface area contributed by atoms with Crippen LogP contribution in [0.5, 0.6) is 0 Å². The molecule has 0 spiro atoms. The van der Waals surface area contributed by atoms with Gasteiger partial charge in [-0.15, -0.1) is 11.3 Å². The molecule has 0 aliphatic heterocycles. The molecule has 8 heteroatoms. The van der Waals surface area contributed by atoms with E-state index in [2.05, 4.69) is 33.5 Å². The number of halogens is 1. The normalized spacial score (nSPS) is 10.4. The van der Waals surface area contributed by atoms with Crippen LogP contribution in [0.4, 0.5) is 5.69 Å². The molecule has 0 aliphatic carbocycles. The maximum absolute atomic E-state index is 12.1. The topological polar surface area (TPSA) is 84.5 Å². The van der Waals surface area contributed by atoms with Gasteiger partial charge in [-0.1, -0.05) is 29.3 Å². The summed E-state index contributed by atoms with van der Waals surface area (Å²) in [6.07, 6.45) is 1.90. The second-order valence-corrected chi connectivity index (χ2v) is 8.47. The highest BCUT2D eigenvalue weighted by atomic mass is 79.9. The van der Waals surface area contributed by atoms with Crippen molar-refractivity contribution in [2.45, 2.75) is 33.6 Å². The second kappa shape index (κ2) is 10.4. The number of benzene rings is 1. The third-order valence-electron chi connectivity index (χ3n) is 3.98. The van der Waals surface area contributed by atoms with Crippen LogP contribution in [0.25, 0.3) is 0 Å². The minimum atomic E-state index is -0.530. The van der Waals surface area contributed by atoms with Gasteiger partial charge in [0.15, 0.2) is 6.61 Å². The monoisotopic (exact) mass is 466 g/mol. The van der Waals surface area contributed by atoms with Gasteiger partial charge >= 0.3 is 5.97 Å². The summed E-state index contributed by atoms with van der Waals surface area (Å²) in [4.78, 5) is 37.5. The predicted molar refractivity (Wildman–Crippen MR) is 114 cm³/mol. The number of carbonyl (C=O) groups excluding carboxylic acids is 3. The molecule has 0 bridgehead atoms. The lowest BCUT2D eigenvalue weighted by atomic mass is 10.1. The SMILES string of the molecule is CCCc1cc(C(=O)OCC(=O)NCC(=O)Nc2ccc(Br)cc2C)sc1C. The average molecular weight is 467 g/mol. The van der Waals surface area contributed by atoms with Crippen LogP contribution >= 0.6 is 27.3 Å². The molecule has 2 N–H and O–H groups in total. The second-order valence-electron chi connectivity index (χ2n) is 6.30. The van der Waals surface area contributed by atoms with Gasteiger partial charge in [-0.3, -0.25) is 9.59 Å². The molecule has 0 atom stereocenters. The molecule has 0 aliphatic rings. The molecule has 28 heavy (non-hydrogen) atoms. The van der Waals surface area contributed by atoms with E-state index in [4.69, 9.17) is 4.74 Å². The summed E-state index contributed by atoms with van der Waals surface area (Å²) in [6, 6.07) is 7.29. The van der Waals surface area contributed by atoms with E-state index in [1.165, 1.54) is 11.3 Å². The predicted octanol–water partition coefficient (Wildman–Crippen LogP) is 3.99. The maximum Gasteiger partial charge on any atom is 0.348 e. The molecule has 1 heterocycles. The Balaban J connectivity index is 1.76. The van der Waals surface area contributed by atoms with Crippen molar-refractivity contribution in [1.82, 2.24) is 5.32 Å². The average Bonchev–Trinajstić information content (AvgIpc) is 3.01. The van der Waals surface area contributed by atoms with Gasteiger partial charge < -0.3 is 15.4 Å². The molecule has 0 unspecified atom stereocenters. The summed E-state index contributed by atoms with van der Waals surface area (Å²) < 4.78 is 5.96. The first-order valence-corrected chi connectivity index (χ1v) is 10.5. The minimum absolute atomic E-state index is 0.204. The zero-order chi connectivity index (χ0) is 20.7. The number of ether oxygens (including phenoxy) is 1. The van der Waals surface area contributed by atoms with Gasteiger partial charge in [0.2, 0.25) is 5.91 Å². The third kappa shape index (κ3) is 6.45. The number of carbonyl (C=O) groups is 3. The maximum atomic E-state index is 12.1. The molecular weight excluding hydrogens is 444 g/mol. The minimum Gasteiger partial charge on any atom is -0.451 e. The summed E-state index contributed by atoms with van der Waals surface area (Å²) in [7, 11) is 0. The quantitative estimate of drug-likeness (QED) is 0.575. The van der Waals surface area contributed by atoms with Crippen LogP contribution in [-0.2, 0) is 20.7 Å². The van der Waals surface area contributed by atoms with Crippen LogP contribution in [0.15, 0.2) is 28.7 Å². The smallest absolute Gasteiger partial charge is 0.348 e. The molecule has 2 rings (SSSR count). The van der Waals surface area contributed by atoms with Gasteiger partial charge in [0.25, 0.3) is 5.91 Å². The van der Waals surface area contributed by atoms with E-state index in [9.17, 15) is 14.4 Å². The molecule has 1 aromatic carbocycles. The van der Waals surface area contributed by atoms with Crippen LogP contribution in [0, 0.1) is 13.8 Å². The fraction of sp³-hybridized carbons (Fsp3) is 0.350. The standard InChI is InChI=1S/C20H23BrN2O4S/c1-4-5-14-9-17(28-13(14)3)20(26)27-11-19(25)22-10-18(24)23-16-7-6-15(21)8-12(16)2/h6-9H,4-5,10-11H2,1-3H3,(H,22,25)(H,23,24). The first kappa shape index (κ1) is 22.1. The molecular formula is C20H23BrN2O4S. The Morgan fingerprint density at radius 1 is 1.14 bits per heavy atom. The number of esters is 1. The van der Waals surface area contributed by atoms with Gasteiger partial charge in [-0.25, -0.2) is 4.79 Å². The van der Waals surface area contributed by atoms with Crippen LogP contribution in [-0.4, -0.2) is 30.9 Å². The summed E-state index contributed by atoms with van der Waals surface area (Å²) in [5.41, 5.74) is 2.70. The van der Waals surface area contributed by atoms with E-state index in [-0.39, 0.29) is 12.5 Å². The molecule has 1 aromatic heterocycles. The van der Waals surface area contributed by atoms with E-state index in [0.717, 1.165) is 33.3 Å². The molecule has 0 saturated heterocycles. The highest BCUT2D eigenvalue weighted by molar-refractivity contribution is 9.10. The lowest BCUT2D eigenvalue weighted by Crippen LogP contribution is -2.35. The molecule has 0 radical (unpaired) electrons. The zero-order valence-electron chi connectivity index (χ0n) is 16.1. The van der Waals surface area contributed by atoms with Crippen molar-refractivity contribution in [3.8, 4) is 0 Å². The van der Waals surface area contributed by atoms with E-state index in [0.29, 0.717) is 10.6 Å². The number of anilines is 1. The Morgan fingerprint density at radius 3 is 2.57 bits per heavy atom. The fourth-order valence-corrected chi connectivity index (χ4v) is 3.97. The Hall–Kier alpha value is -2.19. The number of rotatable bonds is 8. The fourth-order valence-electron chi connectivity index (χ4n) is 2.53. The largest absolute Gasteiger partial charge is 0.451 e. The van der Waals surface area contributed by atoms with E-state index in [1.807, 2.05) is 32.0 Å². The van der Waals surface area contributed by atoms with Gasteiger partial charge in [0.05, 0.1) is 6.54 Å². The van der Waals surface area contributed by atoms with E-state index in [1.54, 1.807) is 6.07 Å². The molecule has 2 amide bonds. The lowest BCUT2D eigenvalue weighted by Gasteiger charge is -2.09. The van der Waals surface area contributed by atoms with Crippen LogP contribution in [0.1, 0.15) is 39.0 Å².